The van der Waals surface area contributed by atoms with Crippen molar-refractivity contribution in [1.29, 1.82) is 0 Å². The lowest BCUT2D eigenvalue weighted by atomic mass is 10.3. The first-order chi connectivity index (χ1) is 6.18. The SMILES string of the molecule is Cc1cc[n+](CCCN(C)C)cc1. The van der Waals surface area contributed by atoms with Crippen LogP contribution in [0.5, 0.6) is 0 Å². The summed E-state index contributed by atoms with van der Waals surface area (Å²) in [5, 5.41) is 0. The maximum Gasteiger partial charge on any atom is 0.169 e. The van der Waals surface area contributed by atoms with Crippen molar-refractivity contribution in [3.8, 4) is 0 Å². The molecule has 0 bridgehead atoms. The second-order valence-electron chi connectivity index (χ2n) is 3.77. The number of nitrogens with zero attached hydrogens (tertiary/aromatic N) is 2. The molecule has 0 fully saturated rings. The van der Waals surface area contributed by atoms with Gasteiger partial charge >= 0.3 is 0 Å². The van der Waals surface area contributed by atoms with Crippen molar-refractivity contribution in [2.45, 2.75) is 19.9 Å². The monoisotopic (exact) mass is 179 g/mol. The van der Waals surface area contributed by atoms with Crippen molar-refractivity contribution in [2.75, 3.05) is 20.6 Å². The summed E-state index contributed by atoms with van der Waals surface area (Å²) in [6.45, 7) is 4.38. The Morgan fingerprint density at radius 1 is 1.23 bits per heavy atom. The van der Waals surface area contributed by atoms with E-state index in [4.69, 9.17) is 0 Å². The third-order valence-electron chi connectivity index (χ3n) is 2.08. The average Bonchev–Trinajstić information content (AvgIpc) is 2.08. The van der Waals surface area contributed by atoms with Gasteiger partial charge in [0.1, 0.15) is 6.54 Å². The minimum absolute atomic E-state index is 1.11. The lowest BCUT2D eigenvalue weighted by molar-refractivity contribution is -0.697. The van der Waals surface area contributed by atoms with E-state index >= 15 is 0 Å². The fourth-order valence-electron chi connectivity index (χ4n) is 1.25. The van der Waals surface area contributed by atoms with Crippen molar-refractivity contribution in [3.05, 3.63) is 30.1 Å². The van der Waals surface area contributed by atoms with Crippen LogP contribution in [0.3, 0.4) is 0 Å². The predicted molar refractivity (Wildman–Crippen MR) is 54.5 cm³/mol. The molecule has 1 heterocycles. The van der Waals surface area contributed by atoms with E-state index in [1.807, 2.05) is 0 Å². The molecule has 0 N–H and O–H groups in total. The molecule has 0 aliphatic carbocycles. The Balaban J connectivity index is 2.33. The van der Waals surface area contributed by atoms with Crippen LogP contribution in [-0.4, -0.2) is 25.5 Å². The average molecular weight is 179 g/mol. The van der Waals surface area contributed by atoms with Gasteiger partial charge in [-0.1, -0.05) is 0 Å². The second-order valence-corrected chi connectivity index (χ2v) is 3.77. The number of pyridine rings is 1. The molecule has 1 aromatic heterocycles. The largest absolute Gasteiger partial charge is 0.309 e. The summed E-state index contributed by atoms with van der Waals surface area (Å²) in [4.78, 5) is 2.22. The zero-order valence-electron chi connectivity index (χ0n) is 8.83. The van der Waals surface area contributed by atoms with E-state index in [0.29, 0.717) is 0 Å². The Morgan fingerprint density at radius 3 is 2.38 bits per heavy atom. The Bertz CT molecular complexity index is 239. The summed E-state index contributed by atoms with van der Waals surface area (Å²) in [7, 11) is 4.22. The maximum absolute atomic E-state index is 2.23. The Hall–Kier alpha value is -0.890. The van der Waals surface area contributed by atoms with Crippen LogP contribution in [0.25, 0.3) is 0 Å². The third-order valence-corrected chi connectivity index (χ3v) is 2.08. The van der Waals surface area contributed by atoms with Crippen LogP contribution in [0.4, 0.5) is 0 Å². The van der Waals surface area contributed by atoms with Crippen molar-refractivity contribution < 1.29 is 4.57 Å². The van der Waals surface area contributed by atoms with Gasteiger partial charge in [0.25, 0.3) is 0 Å². The molecule has 0 radical (unpaired) electrons. The van der Waals surface area contributed by atoms with E-state index in [-0.39, 0.29) is 0 Å². The molecule has 1 aromatic rings. The Kier molecular flexibility index (Phi) is 3.90. The number of hydrogen-bond acceptors (Lipinski definition) is 1. The topological polar surface area (TPSA) is 7.12 Å². The normalized spacial score (nSPS) is 10.8. The summed E-state index contributed by atoms with van der Waals surface area (Å²) in [6.07, 6.45) is 5.50. The van der Waals surface area contributed by atoms with Crippen molar-refractivity contribution >= 4 is 0 Å². The van der Waals surface area contributed by atoms with Gasteiger partial charge in [-0.2, -0.15) is 0 Å². The fourth-order valence-corrected chi connectivity index (χ4v) is 1.25. The van der Waals surface area contributed by atoms with E-state index in [1.165, 1.54) is 12.0 Å². The highest BCUT2D eigenvalue weighted by Gasteiger charge is 1.99. The number of aryl methyl sites for hydroxylation is 2. The van der Waals surface area contributed by atoms with Crippen LogP contribution in [0.2, 0.25) is 0 Å². The fraction of sp³-hybridized carbons (Fsp3) is 0.545. The molecule has 0 aliphatic heterocycles. The number of aromatic nitrogens is 1. The summed E-state index contributed by atoms with van der Waals surface area (Å²) < 4.78 is 2.23. The summed E-state index contributed by atoms with van der Waals surface area (Å²) in [5.41, 5.74) is 1.32. The van der Waals surface area contributed by atoms with Gasteiger partial charge in [0.05, 0.1) is 0 Å². The lowest BCUT2D eigenvalue weighted by Gasteiger charge is -2.06. The molecule has 0 spiro atoms. The molecule has 0 atom stereocenters. The molecule has 0 saturated carbocycles. The highest BCUT2D eigenvalue weighted by atomic mass is 15.1. The zero-order valence-corrected chi connectivity index (χ0v) is 8.83. The Labute approximate surface area is 80.8 Å². The highest BCUT2D eigenvalue weighted by molar-refractivity contribution is 5.03. The van der Waals surface area contributed by atoms with Gasteiger partial charge in [-0.05, 0) is 26.6 Å². The van der Waals surface area contributed by atoms with E-state index in [9.17, 15) is 0 Å². The van der Waals surface area contributed by atoms with Gasteiger partial charge in [0.2, 0.25) is 0 Å². The predicted octanol–water partition coefficient (Wildman–Crippen LogP) is 1.23. The molecule has 2 heteroatoms. The van der Waals surface area contributed by atoms with Crippen LogP contribution < -0.4 is 4.57 Å². The molecule has 0 aromatic carbocycles. The first kappa shape index (κ1) is 10.2. The van der Waals surface area contributed by atoms with E-state index in [2.05, 4.69) is 55.0 Å². The third kappa shape index (κ3) is 4.04. The zero-order chi connectivity index (χ0) is 9.68. The smallest absolute Gasteiger partial charge is 0.169 e. The van der Waals surface area contributed by atoms with Gasteiger partial charge < -0.3 is 4.90 Å². The molecule has 0 unspecified atom stereocenters. The summed E-state index contributed by atoms with van der Waals surface area (Å²) in [6, 6.07) is 4.30. The second kappa shape index (κ2) is 4.97. The van der Waals surface area contributed by atoms with Gasteiger partial charge in [-0.15, -0.1) is 0 Å². The van der Waals surface area contributed by atoms with Crippen LogP contribution in [-0.2, 0) is 6.54 Å². The molecule has 0 saturated heterocycles. The molecular formula is C11H19N2+. The van der Waals surface area contributed by atoms with E-state index in [0.717, 1.165) is 13.1 Å². The Morgan fingerprint density at radius 2 is 1.85 bits per heavy atom. The molecule has 72 valence electrons. The van der Waals surface area contributed by atoms with Gasteiger partial charge in [0.15, 0.2) is 12.4 Å². The summed E-state index contributed by atoms with van der Waals surface area (Å²) in [5.74, 6) is 0. The van der Waals surface area contributed by atoms with Crippen LogP contribution in [0, 0.1) is 6.92 Å². The van der Waals surface area contributed by atoms with Crippen molar-refractivity contribution in [1.82, 2.24) is 4.90 Å². The number of rotatable bonds is 4. The molecule has 2 nitrogen and oxygen atoms in total. The molecule has 0 aliphatic rings. The van der Waals surface area contributed by atoms with Crippen molar-refractivity contribution in [2.24, 2.45) is 0 Å². The quantitative estimate of drug-likeness (QED) is 0.631. The van der Waals surface area contributed by atoms with Gasteiger partial charge in [0, 0.05) is 25.1 Å². The van der Waals surface area contributed by atoms with E-state index in [1.54, 1.807) is 0 Å². The first-order valence-electron chi connectivity index (χ1n) is 4.79. The first-order valence-corrected chi connectivity index (χ1v) is 4.79. The van der Waals surface area contributed by atoms with Crippen LogP contribution in [0.1, 0.15) is 12.0 Å². The minimum atomic E-state index is 1.11. The standard InChI is InChI=1S/C11H19N2/c1-11-5-9-13(10-6-11)8-4-7-12(2)3/h5-6,9-10H,4,7-8H2,1-3H3/q+1. The molecule has 0 amide bonds. The highest BCUT2D eigenvalue weighted by Crippen LogP contribution is 1.90. The minimum Gasteiger partial charge on any atom is -0.309 e. The lowest BCUT2D eigenvalue weighted by Crippen LogP contribution is -2.34. The summed E-state index contributed by atoms with van der Waals surface area (Å²) >= 11 is 0. The van der Waals surface area contributed by atoms with Crippen LogP contribution >= 0.6 is 0 Å². The number of hydrogen-bond donors (Lipinski definition) is 0. The van der Waals surface area contributed by atoms with Gasteiger partial charge in [-0.3, -0.25) is 0 Å². The van der Waals surface area contributed by atoms with E-state index < -0.39 is 0 Å². The van der Waals surface area contributed by atoms with Crippen LogP contribution in [0.15, 0.2) is 24.5 Å². The molecular weight excluding hydrogens is 160 g/mol. The maximum atomic E-state index is 2.23. The molecule has 13 heavy (non-hydrogen) atoms. The molecule has 1 rings (SSSR count). The van der Waals surface area contributed by atoms with Gasteiger partial charge in [-0.25, -0.2) is 4.57 Å². The van der Waals surface area contributed by atoms with Crippen molar-refractivity contribution in [3.63, 3.8) is 0 Å².